The van der Waals surface area contributed by atoms with Crippen LogP contribution < -0.4 is 10.9 Å². The van der Waals surface area contributed by atoms with Crippen molar-refractivity contribution in [2.75, 3.05) is 5.32 Å². The molecule has 0 unspecified atom stereocenters. The second-order valence-corrected chi connectivity index (χ2v) is 6.99. The van der Waals surface area contributed by atoms with Crippen LogP contribution >= 0.6 is 0 Å². The summed E-state index contributed by atoms with van der Waals surface area (Å²) in [6, 6.07) is 19.9. The highest BCUT2D eigenvalue weighted by molar-refractivity contribution is 6.05. The van der Waals surface area contributed by atoms with Crippen molar-refractivity contribution in [3.63, 3.8) is 0 Å². The van der Waals surface area contributed by atoms with Crippen molar-refractivity contribution in [2.45, 2.75) is 6.92 Å². The molecule has 0 fully saturated rings. The summed E-state index contributed by atoms with van der Waals surface area (Å²) in [5.74, 6) is -0.371. The van der Waals surface area contributed by atoms with E-state index in [-0.39, 0.29) is 17.2 Å². The van der Waals surface area contributed by atoms with Gasteiger partial charge >= 0.3 is 0 Å². The lowest BCUT2D eigenvalue weighted by atomic mass is 10.2. The standard InChI is InChI=1S/C24H21N5O2/c1-17-22(24(31)29(28(17)2)21-11-4-3-5-12-21)27-23(30)19-9-6-10-20(14-19)26-16-18-8-7-13-25-15-18/h3-16H,1-2H3,(H,27,30). The molecule has 1 N–H and O–H groups in total. The summed E-state index contributed by atoms with van der Waals surface area (Å²) in [5, 5.41) is 2.77. The van der Waals surface area contributed by atoms with Gasteiger partial charge in [-0.25, -0.2) is 4.68 Å². The predicted molar refractivity (Wildman–Crippen MR) is 122 cm³/mol. The van der Waals surface area contributed by atoms with Crippen LogP contribution in [0, 0.1) is 6.92 Å². The number of carbonyl (C=O) groups is 1. The molecule has 4 rings (SSSR count). The number of hydrogen-bond donors (Lipinski definition) is 1. The Morgan fingerprint density at radius 2 is 1.87 bits per heavy atom. The number of amides is 1. The minimum Gasteiger partial charge on any atom is -0.316 e. The quantitative estimate of drug-likeness (QED) is 0.506. The summed E-state index contributed by atoms with van der Waals surface area (Å²) >= 11 is 0. The van der Waals surface area contributed by atoms with E-state index >= 15 is 0 Å². The molecule has 0 spiro atoms. The van der Waals surface area contributed by atoms with Gasteiger partial charge in [0.15, 0.2) is 0 Å². The monoisotopic (exact) mass is 411 g/mol. The van der Waals surface area contributed by atoms with Gasteiger partial charge in [0.2, 0.25) is 0 Å². The first-order chi connectivity index (χ1) is 15.0. The second-order valence-electron chi connectivity index (χ2n) is 6.99. The Bertz CT molecular complexity index is 1310. The normalized spacial score (nSPS) is 11.0. The second kappa shape index (κ2) is 8.62. The van der Waals surface area contributed by atoms with Crippen molar-refractivity contribution in [3.05, 3.63) is 106 Å². The Kier molecular flexibility index (Phi) is 5.57. The molecule has 0 saturated carbocycles. The Morgan fingerprint density at radius 3 is 2.61 bits per heavy atom. The lowest BCUT2D eigenvalue weighted by Gasteiger charge is -2.07. The molecule has 2 heterocycles. The molecular formula is C24H21N5O2. The molecule has 0 aliphatic carbocycles. The molecule has 0 atom stereocenters. The number of aliphatic imine (C=N–C) groups is 1. The zero-order chi connectivity index (χ0) is 21.8. The number of anilines is 1. The van der Waals surface area contributed by atoms with Crippen molar-refractivity contribution < 1.29 is 4.79 Å². The number of nitrogens with zero attached hydrogens (tertiary/aromatic N) is 4. The van der Waals surface area contributed by atoms with Crippen LogP contribution in [0.15, 0.2) is 88.9 Å². The van der Waals surface area contributed by atoms with Crippen molar-refractivity contribution in [2.24, 2.45) is 12.0 Å². The molecule has 2 aromatic carbocycles. The maximum atomic E-state index is 13.0. The van der Waals surface area contributed by atoms with Crippen LogP contribution in [-0.2, 0) is 7.05 Å². The third-order valence-corrected chi connectivity index (χ3v) is 4.95. The fraction of sp³-hybridized carbons (Fsp3) is 0.0833. The zero-order valence-electron chi connectivity index (χ0n) is 17.2. The fourth-order valence-corrected chi connectivity index (χ4v) is 3.23. The summed E-state index contributed by atoms with van der Waals surface area (Å²) < 4.78 is 3.25. The minimum absolute atomic E-state index is 0.251. The van der Waals surface area contributed by atoms with E-state index in [0.717, 1.165) is 11.3 Å². The molecule has 4 aromatic rings. The molecule has 0 saturated heterocycles. The molecule has 0 aliphatic rings. The summed E-state index contributed by atoms with van der Waals surface area (Å²) in [7, 11) is 1.78. The molecule has 7 nitrogen and oxygen atoms in total. The summed E-state index contributed by atoms with van der Waals surface area (Å²) in [5.41, 5.74) is 3.25. The topological polar surface area (TPSA) is 81.3 Å². The van der Waals surface area contributed by atoms with Crippen LogP contribution in [0.5, 0.6) is 0 Å². The van der Waals surface area contributed by atoms with E-state index in [0.29, 0.717) is 16.9 Å². The number of benzene rings is 2. The van der Waals surface area contributed by atoms with Gasteiger partial charge in [-0.2, -0.15) is 0 Å². The van der Waals surface area contributed by atoms with Gasteiger partial charge in [-0.1, -0.05) is 30.3 Å². The van der Waals surface area contributed by atoms with Crippen LogP contribution in [0.2, 0.25) is 0 Å². The van der Waals surface area contributed by atoms with Crippen molar-refractivity contribution in [1.29, 1.82) is 0 Å². The lowest BCUT2D eigenvalue weighted by molar-refractivity contribution is 0.102. The highest BCUT2D eigenvalue weighted by Gasteiger charge is 2.18. The number of nitrogens with one attached hydrogen (secondary N) is 1. The Morgan fingerprint density at radius 1 is 1.06 bits per heavy atom. The number of pyridine rings is 1. The maximum absolute atomic E-state index is 13.0. The van der Waals surface area contributed by atoms with Gasteiger partial charge in [0.1, 0.15) is 5.69 Å². The number of hydrogen-bond acceptors (Lipinski definition) is 4. The first kappa shape index (κ1) is 20.0. The Labute approximate surface area is 179 Å². The molecule has 154 valence electrons. The average molecular weight is 411 g/mol. The van der Waals surface area contributed by atoms with Gasteiger partial charge in [-0.3, -0.25) is 24.2 Å². The van der Waals surface area contributed by atoms with Gasteiger partial charge < -0.3 is 5.32 Å². The van der Waals surface area contributed by atoms with Gasteiger partial charge in [-0.05, 0) is 43.3 Å². The van der Waals surface area contributed by atoms with Crippen LogP contribution in [0.4, 0.5) is 11.4 Å². The zero-order valence-corrected chi connectivity index (χ0v) is 17.2. The van der Waals surface area contributed by atoms with Crippen LogP contribution in [-0.4, -0.2) is 26.5 Å². The highest BCUT2D eigenvalue weighted by atomic mass is 16.2. The molecule has 1 amide bonds. The Balaban J connectivity index is 1.60. The smallest absolute Gasteiger partial charge is 0.295 e. The lowest BCUT2D eigenvalue weighted by Crippen LogP contribution is -2.22. The van der Waals surface area contributed by atoms with Gasteiger partial charge in [0.05, 0.1) is 17.1 Å². The van der Waals surface area contributed by atoms with E-state index in [1.54, 1.807) is 61.5 Å². The van der Waals surface area contributed by atoms with Gasteiger partial charge in [-0.15, -0.1) is 0 Å². The van der Waals surface area contributed by atoms with E-state index in [1.807, 2.05) is 42.5 Å². The van der Waals surface area contributed by atoms with E-state index in [9.17, 15) is 9.59 Å². The third kappa shape index (κ3) is 4.20. The average Bonchev–Trinajstić information content (AvgIpc) is 3.02. The van der Waals surface area contributed by atoms with E-state index in [2.05, 4.69) is 15.3 Å². The van der Waals surface area contributed by atoms with Gasteiger partial charge in [0, 0.05) is 36.8 Å². The highest BCUT2D eigenvalue weighted by Crippen LogP contribution is 2.18. The van der Waals surface area contributed by atoms with Crippen LogP contribution in [0.25, 0.3) is 5.69 Å². The molecule has 0 aliphatic heterocycles. The van der Waals surface area contributed by atoms with E-state index in [1.165, 1.54) is 4.68 Å². The molecule has 31 heavy (non-hydrogen) atoms. The first-order valence-electron chi connectivity index (χ1n) is 9.74. The third-order valence-electron chi connectivity index (χ3n) is 4.95. The Hall–Kier alpha value is -4.26. The summed E-state index contributed by atoms with van der Waals surface area (Å²) in [6.07, 6.45) is 5.08. The number of aromatic nitrogens is 3. The SMILES string of the molecule is Cc1c(NC(=O)c2cccc(N=Cc3cccnc3)c2)c(=O)n(-c2ccccc2)n1C. The van der Waals surface area contributed by atoms with E-state index < -0.39 is 0 Å². The van der Waals surface area contributed by atoms with Crippen molar-refractivity contribution >= 4 is 23.5 Å². The number of para-hydroxylation sites is 1. The van der Waals surface area contributed by atoms with E-state index in [4.69, 9.17) is 0 Å². The summed E-state index contributed by atoms with van der Waals surface area (Å²) in [6.45, 7) is 1.80. The molecule has 0 bridgehead atoms. The fourth-order valence-electron chi connectivity index (χ4n) is 3.23. The van der Waals surface area contributed by atoms with Crippen molar-refractivity contribution in [1.82, 2.24) is 14.3 Å². The minimum atomic E-state index is -0.371. The molecule has 0 radical (unpaired) electrons. The largest absolute Gasteiger partial charge is 0.316 e. The predicted octanol–water partition coefficient (Wildman–Crippen LogP) is 3.88. The molecule has 2 aromatic heterocycles. The number of carbonyl (C=O) groups excluding carboxylic acids is 1. The first-order valence-corrected chi connectivity index (χ1v) is 9.74. The molecule has 7 heteroatoms. The maximum Gasteiger partial charge on any atom is 0.295 e. The number of rotatable bonds is 5. The summed E-state index contributed by atoms with van der Waals surface area (Å²) in [4.78, 5) is 34.3. The van der Waals surface area contributed by atoms with Gasteiger partial charge in [0.25, 0.3) is 11.5 Å². The molecular weight excluding hydrogens is 390 g/mol. The van der Waals surface area contributed by atoms with Crippen LogP contribution in [0.3, 0.4) is 0 Å². The van der Waals surface area contributed by atoms with Crippen LogP contribution in [0.1, 0.15) is 21.6 Å². The van der Waals surface area contributed by atoms with Crippen molar-refractivity contribution in [3.8, 4) is 5.69 Å².